The number of esters is 1. The highest BCUT2D eigenvalue weighted by Crippen LogP contribution is 2.53. The van der Waals surface area contributed by atoms with Crippen LogP contribution in [-0.4, -0.2) is 46.0 Å². The zero-order valence-corrected chi connectivity index (χ0v) is 14.7. The molecule has 6 heteroatoms. The van der Waals surface area contributed by atoms with Gasteiger partial charge in [0.05, 0.1) is 12.5 Å². The van der Waals surface area contributed by atoms with Crippen LogP contribution in [0.25, 0.3) is 0 Å². The average Bonchev–Trinajstić information content (AvgIpc) is 2.78. The molecule has 5 nitrogen and oxygen atoms in total. The van der Waals surface area contributed by atoms with Gasteiger partial charge in [0.15, 0.2) is 20.7 Å². The van der Waals surface area contributed by atoms with Crippen molar-refractivity contribution in [3.05, 3.63) is 0 Å². The van der Waals surface area contributed by atoms with Gasteiger partial charge in [-0.25, -0.2) is 0 Å². The summed E-state index contributed by atoms with van der Waals surface area (Å²) in [5.74, 6) is 0.148. The van der Waals surface area contributed by atoms with E-state index >= 15 is 0 Å². The molecule has 0 N–H and O–H groups in total. The lowest BCUT2D eigenvalue weighted by atomic mass is 9.92. The van der Waals surface area contributed by atoms with E-state index in [2.05, 4.69) is 33.9 Å². The van der Waals surface area contributed by atoms with Gasteiger partial charge in [-0.05, 0) is 18.1 Å². The summed E-state index contributed by atoms with van der Waals surface area (Å²) < 4.78 is 23.5. The summed E-state index contributed by atoms with van der Waals surface area (Å²) in [6.45, 7) is 11.1. The fraction of sp³-hybridized carbons (Fsp3) is 0.933. The summed E-state index contributed by atoms with van der Waals surface area (Å²) in [6, 6.07) is 0. The zero-order chi connectivity index (χ0) is 15.6. The van der Waals surface area contributed by atoms with E-state index in [-0.39, 0.29) is 47.4 Å². The third kappa shape index (κ3) is 2.27. The van der Waals surface area contributed by atoms with Crippen molar-refractivity contribution in [2.24, 2.45) is 11.8 Å². The lowest BCUT2D eigenvalue weighted by Gasteiger charge is -2.43. The van der Waals surface area contributed by atoms with Crippen molar-refractivity contribution in [3.8, 4) is 0 Å². The molecule has 120 valence electrons. The molecule has 0 aromatic rings. The minimum Gasteiger partial charge on any atom is -0.457 e. The molecular formula is C15H26O5Si. The third-order valence-corrected chi connectivity index (χ3v) is 10.2. The predicted octanol–water partition coefficient (Wildman–Crippen LogP) is 2.31. The first-order valence-corrected chi connectivity index (χ1v) is 10.6. The molecular weight excluding hydrogens is 288 g/mol. The van der Waals surface area contributed by atoms with Crippen LogP contribution in [0.3, 0.4) is 0 Å². The van der Waals surface area contributed by atoms with Gasteiger partial charge in [-0.15, -0.1) is 0 Å². The summed E-state index contributed by atoms with van der Waals surface area (Å²) >= 11 is 0. The lowest BCUT2D eigenvalue weighted by Crippen LogP contribution is -2.53. The van der Waals surface area contributed by atoms with Gasteiger partial charge in [-0.3, -0.25) is 4.79 Å². The molecule has 21 heavy (non-hydrogen) atoms. The lowest BCUT2D eigenvalue weighted by molar-refractivity contribution is -0.221. The SMILES string of the molecule is CO[C@@H]1O[C@@H]2[C@H]3CC(=O)O[C@@H]2[C@H](O[Si](C)(C)C(C)(C)C)[C@H]13. The monoisotopic (exact) mass is 314 g/mol. The van der Waals surface area contributed by atoms with E-state index in [1.54, 1.807) is 7.11 Å². The van der Waals surface area contributed by atoms with Crippen molar-refractivity contribution in [2.75, 3.05) is 7.11 Å². The maximum Gasteiger partial charge on any atom is 0.306 e. The summed E-state index contributed by atoms with van der Waals surface area (Å²) in [4.78, 5) is 11.8. The minimum absolute atomic E-state index is 0.0626. The number of methoxy groups -OCH3 is 1. The molecule has 3 rings (SSSR count). The molecule has 2 aliphatic heterocycles. The van der Waals surface area contributed by atoms with Gasteiger partial charge in [0, 0.05) is 18.9 Å². The Hall–Kier alpha value is -0.433. The van der Waals surface area contributed by atoms with Gasteiger partial charge in [-0.1, -0.05) is 20.8 Å². The molecule has 6 atom stereocenters. The van der Waals surface area contributed by atoms with E-state index in [1.807, 2.05) is 0 Å². The Labute approximate surface area is 127 Å². The van der Waals surface area contributed by atoms with E-state index in [0.717, 1.165) is 0 Å². The van der Waals surface area contributed by atoms with Crippen LogP contribution in [-0.2, 0) is 23.4 Å². The largest absolute Gasteiger partial charge is 0.457 e. The average molecular weight is 314 g/mol. The van der Waals surface area contributed by atoms with Crippen LogP contribution < -0.4 is 0 Å². The van der Waals surface area contributed by atoms with Crippen molar-refractivity contribution in [1.82, 2.24) is 0 Å². The van der Waals surface area contributed by atoms with Crippen LogP contribution >= 0.6 is 0 Å². The second-order valence-electron chi connectivity index (χ2n) is 7.95. The summed E-state index contributed by atoms with van der Waals surface area (Å²) in [7, 11) is -0.280. The number of ether oxygens (including phenoxy) is 3. The second kappa shape index (κ2) is 4.78. The van der Waals surface area contributed by atoms with Crippen LogP contribution in [0.5, 0.6) is 0 Å². The first-order valence-electron chi connectivity index (χ1n) is 7.71. The van der Waals surface area contributed by atoms with E-state index in [0.29, 0.717) is 6.42 Å². The predicted molar refractivity (Wildman–Crippen MR) is 79.2 cm³/mol. The molecule has 2 saturated heterocycles. The Morgan fingerprint density at radius 3 is 2.48 bits per heavy atom. The van der Waals surface area contributed by atoms with E-state index in [1.165, 1.54) is 0 Å². The molecule has 0 unspecified atom stereocenters. The van der Waals surface area contributed by atoms with Gasteiger partial charge in [0.25, 0.3) is 0 Å². The first kappa shape index (κ1) is 15.5. The highest BCUT2D eigenvalue weighted by atomic mass is 28.4. The maximum atomic E-state index is 11.8. The summed E-state index contributed by atoms with van der Waals surface area (Å²) in [5, 5.41) is 0.121. The van der Waals surface area contributed by atoms with Crippen LogP contribution in [0.4, 0.5) is 0 Å². The summed E-state index contributed by atoms with van der Waals surface area (Å²) in [5.41, 5.74) is 0. The van der Waals surface area contributed by atoms with Crippen LogP contribution in [0, 0.1) is 11.8 Å². The molecule has 1 aliphatic carbocycles. The smallest absolute Gasteiger partial charge is 0.306 e. The Morgan fingerprint density at radius 1 is 1.24 bits per heavy atom. The normalized spacial score (nSPS) is 42.3. The highest BCUT2D eigenvalue weighted by Gasteiger charge is 2.66. The molecule has 1 saturated carbocycles. The van der Waals surface area contributed by atoms with Crippen LogP contribution in [0.1, 0.15) is 27.2 Å². The van der Waals surface area contributed by atoms with Gasteiger partial charge in [-0.2, -0.15) is 0 Å². The fourth-order valence-corrected chi connectivity index (χ4v) is 4.87. The Morgan fingerprint density at radius 2 is 1.90 bits per heavy atom. The number of hydrogen-bond donors (Lipinski definition) is 0. The molecule has 0 aromatic heterocycles. The molecule has 0 spiro atoms. The molecule has 0 amide bonds. The first-order chi connectivity index (χ1) is 9.65. The Kier molecular flexibility index (Phi) is 3.52. The van der Waals surface area contributed by atoms with Crippen molar-refractivity contribution in [2.45, 2.75) is 69.9 Å². The van der Waals surface area contributed by atoms with Crippen molar-refractivity contribution < 1.29 is 23.4 Å². The van der Waals surface area contributed by atoms with Crippen molar-refractivity contribution in [3.63, 3.8) is 0 Å². The molecule has 0 radical (unpaired) electrons. The van der Waals surface area contributed by atoms with Gasteiger partial charge < -0.3 is 18.6 Å². The molecule has 4 bridgehead atoms. The molecule has 3 aliphatic rings. The van der Waals surface area contributed by atoms with Gasteiger partial charge in [0.2, 0.25) is 0 Å². The van der Waals surface area contributed by atoms with E-state index in [4.69, 9.17) is 18.6 Å². The van der Waals surface area contributed by atoms with Crippen LogP contribution in [0.2, 0.25) is 18.1 Å². The standard InChI is InChI=1S/C15H26O5Si/c1-15(2,3)21(5,6)20-12-10-8-7-9(16)18-13(12)11(8)19-14(10)17-4/h8,10-14H,7H2,1-6H3/t8-,10+,11+,12+,13-,14+/m0/s1. The minimum atomic E-state index is -1.93. The molecule has 0 aromatic carbocycles. The molecule has 3 fully saturated rings. The Bertz CT molecular complexity index is 444. The molecule has 2 heterocycles. The second-order valence-corrected chi connectivity index (χ2v) is 12.7. The number of hydrogen-bond acceptors (Lipinski definition) is 5. The van der Waals surface area contributed by atoms with Crippen molar-refractivity contribution >= 4 is 14.3 Å². The van der Waals surface area contributed by atoms with Gasteiger partial charge in [0.1, 0.15) is 6.10 Å². The van der Waals surface area contributed by atoms with E-state index in [9.17, 15) is 4.79 Å². The fourth-order valence-electron chi connectivity index (χ4n) is 3.55. The topological polar surface area (TPSA) is 54.0 Å². The summed E-state index contributed by atoms with van der Waals surface area (Å²) in [6.07, 6.45) is -0.274. The van der Waals surface area contributed by atoms with E-state index < -0.39 is 8.32 Å². The number of carbonyl (C=O) groups excluding carboxylic acids is 1. The van der Waals surface area contributed by atoms with Crippen LogP contribution in [0.15, 0.2) is 0 Å². The maximum absolute atomic E-state index is 11.8. The zero-order valence-electron chi connectivity index (χ0n) is 13.7. The van der Waals surface area contributed by atoms with Gasteiger partial charge >= 0.3 is 5.97 Å². The quantitative estimate of drug-likeness (QED) is 0.591. The Balaban J connectivity index is 1.86. The number of rotatable bonds is 3. The number of carbonyl (C=O) groups is 1. The highest BCUT2D eigenvalue weighted by molar-refractivity contribution is 6.74. The third-order valence-electron chi connectivity index (χ3n) is 5.69. The van der Waals surface area contributed by atoms with Crippen molar-refractivity contribution in [1.29, 1.82) is 0 Å².